The molecule has 0 aromatic heterocycles. The van der Waals surface area contributed by atoms with Gasteiger partial charge in [0.1, 0.15) is 5.54 Å². The summed E-state index contributed by atoms with van der Waals surface area (Å²) < 4.78 is 0. The third kappa shape index (κ3) is 2.48. The summed E-state index contributed by atoms with van der Waals surface area (Å²) >= 11 is 0. The van der Waals surface area contributed by atoms with Gasteiger partial charge >= 0.3 is 6.03 Å². The molecule has 1 heterocycles. The van der Waals surface area contributed by atoms with E-state index in [0.29, 0.717) is 6.42 Å². The summed E-state index contributed by atoms with van der Waals surface area (Å²) in [4.78, 5) is 24.3. The van der Waals surface area contributed by atoms with Crippen LogP contribution in [0.25, 0.3) is 0 Å². The van der Waals surface area contributed by atoms with E-state index in [1.807, 2.05) is 67.6 Å². The Morgan fingerprint density at radius 3 is 2.09 bits per heavy atom. The van der Waals surface area contributed by atoms with E-state index < -0.39 is 11.6 Å². The Bertz CT molecular complexity index is 685. The minimum Gasteiger partial charge on any atom is -0.322 e. The molecule has 4 heteroatoms. The van der Waals surface area contributed by atoms with E-state index in [9.17, 15) is 9.59 Å². The zero-order chi connectivity index (χ0) is 15.6. The second kappa shape index (κ2) is 5.64. The molecule has 112 valence electrons. The fourth-order valence-electron chi connectivity index (χ4n) is 3.03. The summed E-state index contributed by atoms with van der Waals surface area (Å²) in [6.07, 6.45) is 0.460. The topological polar surface area (TPSA) is 58.2 Å². The molecule has 0 radical (unpaired) electrons. The van der Waals surface area contributed by atoms with Crippen molar-refractivity contribution in [3.8, 4) is 0 Å². The molecule has 1 aliphatic heterocycles. The number of nitrogens with one attached hydrogen (secondary N) is 2. The molecular formula is C18H18N2O2. The molecule has 2 aromatic carbocycles. The molecule has 1 aliphatic rings. The smallest absolute Gasteiger partial charge is 0.322 e. The minimum absolute atomic E-state index is 0.139. The van der Waals surface area contributed by atoms with E-state index in [0.717, 1.165) is 11.1 Å². The Balaban J connectivity index is 2.00. The number of carbonyl (C=O) groups excluding carboxylic acids is 2. The van der Waals surface area contributed by atoms with E-state index in [2.05, 4.69) is 10.6 Å². The van der Waals surface area contributed by atoms with Gasteiger partial charge in [-0.15, -0.1) is 0 Å². The molecule has 3 rings (SSSR count). The second-order valence-electron chi connectivity index (χ2n) is 5.67. The average molecular weight is 294 g/mol. The summed E-state index contributed by atoms with van der Waals surface area (Å²) in [6.45, 7) is 1.98. The Morgan fingerprint density at radius 1 is 0.955 bits per heavy atom. The van der Waals surface area contributed by atoms with Crippen molar-refractivity contribution < 1.29 is 9.59 Å². The fraction of sp³-hybridized carbons (Fsp3) is 0.222. The average Bonchev–Trinajstić information content (AvgIpc) is 2.83. The van der Waals surface area contributed by atoms with Crippen LogP contribution < -0.4 is 10.6 Å². The molecule has 0 unspecified atom stereocenters. The molecule has 0 saturated carbocycles. The predicted molar refractivity (Wildman–Crippen MR) is 84.4 cm³/mol. The predicted octanol–water partition coefficient (Wildman–Crippen LogP) is 2.61. The van der Waals surface area contributed by atoms with Gasteiger partial charge in [0.15, 0.2) is 0 Å². The van der Waals surface area contributed by atoms with Crippen LogP contribution in [0.15, 0.2) is 60.7 Å². The maximum absolute atomic E-state index is 12.5. The number of hydrogen-bond donors (Lipinski definition) is 2. The van der Waals surface area contributed by atoms with Gasteiger partial charge in [-0.25, -0.2) is 4.79 Å². The second-order valence-corrected chi connectivity index (χ2v) is 5.67. The molecule has 0 spiro atoms. The zero-order valence-corrected chi connectivity index (χ0v) is 12.4. The van der Waals surface area contributed by atoms with Gasteiger partial charge in [-0.05, 0) is 11.1 Å². The van der Waals surface area contributed by atoms with Crippen molar-refractivity contribution in [3.05, 3.63) is 71.8 Å². The third-order valence-electron chi connectivity index (χ3n) is 4.33. The molecule has 1 fully saturated rings. The fourth-order valence-corrected chi connectivity index (χ4v) is 3.03. The largest absolute Gasteiger partial charge is 0.322 e. The van der Waals surface area contributed by atoms with Gasteiger partial charge < -0.3 is 5.32 Å². The van der Waals surface area contributed by atoms with Crippen LogP contribution in [0, 0.1) is 0 Å². The van der Waals surface area contributed by atoms with Crippen molar-refractivity contribution in [2.24, 2.45) is 0 Å². The lowest BCUT2D eigenvalue weighted by Crippen LogP contribution is -2.53. The first-order chi connectivity index (χ1) is 10.6. The van der Waals surface area contributed by atoms with E-state index in [1.54, 1.807) is 0 Å². The number of carbonyl (C=O) groups is 2. The van der Waals surface area contributed by atoms with Gasteiger partial charge in [0, 0.05) is 12.3 Å². The summed E-state index contributed by atoms with van der Waals surface area (Å²) in [5.41, 5.74) is 1.08. The Morgan fingerprint density at radius 2 is 1.55 bits per heavy atom. The molecule has 0 aliphatic carbocycles. The van der Waals surface area contributed by atoms with Crippen molar-refractivity contribution in [1.82, 2.24) is 10.6 Å². The summed E-state index contributed by atoms with van der Waals surface area (Å²) in [5, 5.41) is 5.25. The molecule has 0 bridgehead atoms. The summed E-state index contributed by atoms with van der Waals surface area (Å²) in [6, 6.07) is 19.1. The van der Waals surface area contributed by atoms with Crippen molar-refractivity contribution >= 4 is 11.9 Å². The highest BCUT2D eigenvalue weighted by atomic mass is 16.2. The minimum atomic E-state index is -0.959. The Hall–Kier alpha value is -2.62. The maximum Gasteiger partial charge on any atom is 0.322 e. The Labute approximate surface area is 129 Å². The van der Waals surface area contributed by atoms with Gasteiger partial charge in [-0.2, -0.15) is 0 Å². The number of rotatable bonds is 4. The van der Waals surface area contributed by atoms with Crippen LogP contribution in [0.5, 0.6) is 0 Å². The van der Waals surface area contributed by atoms with Gasteiger partial charge in [0.25, 0.3) is 5.91 Å². The van der Waals surface area contributed by atoms with Crippen molar-refractivity contribution in [1.29, 1.82) is 0 Å². The molecular weight excluding hydrogens is 276 g/mol. The molecule has 2 atom stereocenters. The number of amides is 3. The first-order valence-corrected chi connectivity index (χ1v) is 7.34. The van der Waals surface area contributed by atoms with E-state index in [4.69, 9.17) is 0 Å². The lowest BCUT2D eigenvalue weighted by molar-refractivity contribution is -0.124. The molecule has 3 amide bonds. The summed E-state index contributed by atoms with van der Waals surface area (Å²) in [7, 11) is 0. The van der Waals surface area contributed by atoms with E-state index >= 15 is 0 Å². The molecule has 2 N–H and O–H groups in total. The standard InChI is InChI=1S/C18H18N2O2/c1-13(15-10-6-3-7-11-15)18(16(21)19-17(22)20-18)12-14-8-4-2-5-9-14/h2-11,13H,12H2,1H3,(H2,19,20,21,22)/t13-,18+/m1/s1. The van der Waals surface area contributed by atoms with Gasteiger partial charge in [-0.3, -0.25) is 10.1 Å². The van der Waals surface area contributed by atoms with E-state index in [-0.39, 0.29) is 11.8 Å². The first kappa shape index (κ1) is 14.3. The monoisotopic (exact) mass is 294 g/mol. The molecule has 4 nitrogen and oxygen atoms in total. The summed E-state index contributed by atoms with van der Waals surface area (Å²) in [5.74, 6) is -0.405. The normalized spacial score (nSPS) is 22.0. The van der Waals surface area contributed by atoms with Crippen LogP contribution >= 0.6 is 0 Å². The Kier molecular flexibility index (Phi) is 3.67. The molecule has 22 heavy (non-hydrogen) atoms. The van der Waals surface area contributed by atoms with E-state index in [1.165, 1.54) is 0 Å². The highest BCUT2D eigenvalue weighted by Gasteiger charge is 2.50. The number of urea groups is 1. The SMILES string of the molecule is C[C@H](c1ccccc1)[C@]1(Cc2ccccc2)NC(=O)NC1=O. The van der Waals surface area contributed by atoms with Crippen molar-refractivity contribution in [2.45, 2.75) is 24.8 Å². The van der Waals surface area contributed by atoms with Crippen LogP contribution in [0.4, 0.5) is 4.79 Å². The van der Waals surface area contributed by atoms with Crippen LogP contribution in [-0.2, 0) is 11.2 Å². The molecule has 1 saturated heterocycles. The quantitative estimate of drug-likeness (QED) is 0.852. The van der Waals surface area contributed by atoms with Gasteiger partial charge in [0.2, 0.25) is 0 Å². The van der Waals surface area contributed by atoms with Gasteiger partial charge in [0.05, 0.1) is 0 Å². The van der Waals surface area contributed by atoms with Crippen LogP contribution in [-0.4, -0.2) is 17.5 Å². The van der Waals surface area contributed by atoms with Gasteiger partial charge in [-0.1, -0.05) is 67.6 Å². The van der Waals surface area contributed by atoms with Crippen molar-refractivity contribution in [3.63, 3.8) is 0 Å². The number of benzene rings is 2. The van der Waals surface area contributed by atoms with Crippen LogP contribution in [0.1, 0.15) is 24.0 Å². The highest BCUT2D eigenvalue weighted by molar-refractivity contribution is 6.07. The number of hydrogen-bond acceptors (Lipinski definition) is 2. The van der Waals surface area contributed by atoms with Crippen molar-refractivity contribution in [2.75, 3.05) is 0 Å². The lowest BCUT2D eigenvalue weighted by Gasteiger charge is -2.33. The first-order valence-electron chi connectivity index (χ1n) is 7.34. The van der Waals surface area contributed by atoms with Crippen LogP contribution in [0.2, 0.25) is 0 Å². The zero-order valence-electron chi connectivity index (χ0n) is 12.4. The maximum atomic E-state index is 12.5. The molecule has 2 aromatic rings. The third-order valence-corrected chi connectivity index (χ3v) is 4.33. The van der Waals surface area contributed by atoms with Crippen LogP contribution in [0.3, 0.4) is 0 Å². The lowest BCUT2D eigenvalue weighted by atomic mass is 9.76. The number of imide groups is 1. The highest BCUT2D eigenvalue weighted by Crippen LogP contribution is 2.33.